The summed E-state index contributed by atoms with van der Waals surface area (Å²) in [5.41, 5.74) is 1.97. The maximum Gasteiger partial charge on any atom is 0.239 e. The molecule has 0 saturated carbocycles. The number of fused-ring (bicyclic) bond motifs is 1. The summed E-state index contributed by atoms with van der Waals surface area (Å²) in [6.45, 7) is 3.50. The highest BCUT2D eigenvalue weighted by Gasteiger charge is 2.14. The smallest absolute Gasteiger partial charge is 0.239 e. The Morgan fingerprint density at radius 3 is 2.05 bits per heavy atom. The third-order valence-electron chi connectivity index (χ3n) is 5.41. The van der Waals surface area contributed by atoms with E-state index in [9.17, 15) is 9.18 Å². The summed E-state index contributed by atoms with van der Waals surface area (Å²) in [4.78, 5) is 20.9. The van der Waals surface area contributed by atoms with Gasteiger partial charge in [-0.15, -0.1) is 11.6 Å². The topological polar surface area (TPSA) is 122 Å². The number of rotatable bonds is 22. The highest BCUT2D eigenvalue weighted by Crippen LogP contribution is 2.33. The van der Waals surface area contributed by atoms with Gasteiger partial charge in [-0.05, 0) is 46.9 Å². The van der Waals surface area contributed by atoms with Crippen molar-refractivity contribution in [3.05, 3.63) is 46.3 Å². The van der Waals surface area contributed by atoms with Gasteiger partial charge in [0.25, 0.3) is 0 Å². The van der Waals surface area contributed by atoms with E-state index in [1.165, 1.54) is 6.33 Å². The zero-order valence-electron chi connectivity index (χ0n) is 23.1. The van der Waals surface area contributed by atoms with Gasteiger partial charge in [0.15, 0.2) is 0 Å². The molecule has 230 valence electrons. The summed E-state index contributed by atoms with van der Waals surface area (Å²) in [5, 5.41) is 6.80. The maximum absolute atomic E-state index is 12.1. The van der Waals surface area contributed by atoms with E-state index < -0.39 is 6.67 Å². The Morgan fingerprint density at radius 1 is 0.833 bits per heavy atom. The number of nitrogens with zero attached hydrogens (tertiary/aromatic N) is 2. The molecular formula is C28H35ClFIN4O7. The Balaban J connectivity index is 1.39. The largest absolute Gasteiger partial charge is 0.489 e. The van der Waals surface area contributed by atoms with Crippen molar-refractivity contribution < 1.29 is 37.6 Å². The Hall–Kier alpha value is -2.40. The molecule has 2 N–H and O–H groups in total. The molecule has 0 aliphatic heterocycles. The van der Waals surface area contributed by atoms with Gasteiger partial charge >= 0.3 is 0 Å². The van der Waals surface area contributed by atoms with Crippen molar-refractivity contribution >= 4 is 68.2 Å². The normalized spacial score (nSPS) is 11.1. The van der Waals surface area contributed by atoms with Crippen molar-refractivity contribution in [2.24, 2.45) is 0 Å². The molecule has 0 aliphatic rings. The van der Waals surface area contributed by atoms with Crippen molar-refractivity contribution in [2.45, 2.75) is 0 Å². The highest BCUT2D eigenvalue weighted by atomic mass is 127. The fourth-order valence-electron chi connectivity index (χ4n) is 3.53. The van der Waals surface area contributed by atoms with Gasteiger partial charge in [-0.1, -0.05) is 6.07 Å². The number of hydrogen-bond acceptors (Lipinski definition) is 10. The third kappa shape index (κ3) is 12.9. The van der Waals surface area contributed by atoms with Gasteiger partial charge < -0.3 is 39.1 Å². The van der Waals surface area contributed by atoms with Crippen LogP contribution in [0.4, 0.5) is 21.6 Å². The number of hydrogen-bond donors (Lipinski definition) is 2. The van der Waals surface area contributed by atoms with Crippen LogP contribution in [0.1, 0.15) is 0 Å². The monoisotopic (exact) mass is 720 g/mol. The number of ether oxygens (including phenoxy) is 6. The molecule has 0 spiro atoms. The van der Waals surface area contributed by atoms with Crippen LogP contribution in [-0.2, 0) is 28.5 Å². The molecule has 2 aromatic carbocycles. The highest BCUT2D eigenvalue weighted by molar-refractivity contribution is 14.1. The number of anilines is 3. The van der Waals surface area contributed by atoms with E-state index in [0.717, 1.165) is 9.26 Å². The maximum atomic E-state index is 12.1. The van der Waals surface area contributed by atoms with Gasteiger partial charge in [-0.25, -0.2) is 14.4 Å². The molecule has 0 aliphatic carbocycles. The molecule has 1 amide bonds. The average molecular weight is 721 g/mol. The van der Waals surface area contributed by atoms with Gasteiger partial charge in [0.05, 0.1) is 77.3 Å². The van der Waals surface area contributed by atoms with Crippen LogP contribution >= 0.6 is 34.2 Å². The number of carbonyl (C=O) groups excluding carboxylic acids is 1. The molecule has 0 bridgehead atoms. The number of halogens is 3. The van der Waals surface area contributed by atoms with Crippen LogP contribution in [-0.4, -0.2) is 101 Å². The molecule has 0 fully saturated rings. The standard InChI is InChI=1S/C28H35ClFIN4O7/c29-19-27(36)35-25-17-23-24(32-20-33-28(23)34-22-3-1-2-21(31)16-22)18-26(25)42-15-14-41-13-12-40-11-10-39-9-8-38-7-6-37-5-4-30/h1-3,16-18,20H,4-15,19H2,(H,35,36)(H,32,33,34). The minimum absolute atomic E-state index is 0.0954. The van der Waals surface area contributed by atoms with Crippen molar-refractivity contribution in [2.75, 3.05) is 95.9 Å². The second-order valence-electron chi connectivity index (χ2n) is 8.50. The van der Waals surface area contributed by atoms with Crippen molar-refractivity contribution in [1.29, 1.82) is 0 Å². The first kappa shape index (κ1) is 34.1. The first-order chi connectivity index (χ1) is 20.6. The average Bonchev–Trinajstić information content (AvgIpc) is 2.99. The van der Waals surface area contributed by atoms with Crippen molar-refractivity contribution in [3.63, 3.8) is 0 Å². The molecule has 0 unspecified atom stereocenters. The van der Waals surface area contributed by atoms with Gasteiger partial charge in [-0.3, -0.25) is 4.79 Å². The Bertz CT molecular complexity index is 1230. The van der Waals surface area contributed by atoms with Crippen LogP contribution in [0.3, 0.4) is 0 Å². The van der Waals surface area contributed by atoms with Crippen LogP contribution in [0.15, 0.2) is 42.7 Å². The lowest BCUT2D eigenvalue weighted by atomic mass is 10.2. The molecule has 11 nitrogen and oxygen atoms in total. The molecule has 3 aromatic rings. The van der Waals surface area contributed by atoms with E-state index in [4.69, 9.17) is 40.0 Å². The summed E-state index contributed by atoms with van der Waals surface area (Å²) in [7, 11) is 0. The number of benzene rings is 2. The molecule has 0 radical (unpaired) electrons. The minimum Gasteiger partial charge on any atom is -0.489 e. The van der Waals surface area contributed by atoms with Gasteiger partial charge in [-0.2, -0.15) is 0 Å². The summed E-state index contributed by atoms with van der Waals surface area (Å²) >= 11 is 7.98. The van der Waals surface area contributed by atoms with E-state index in [1.54, 1.807) is 12.1 Å². The SMILES string of the molecule is O=C(CCl)Nc1cc2c(Nc3cccc(I)c3)ncnc2cc1OCCOCCOCCOCCOCCOCCF. The quantitative estimate of drug-likeness (QED) is 0.0867. The van der Waals surface area contributed by atoms with E-state index in [0.29, 0.717) is 87.6 Å². The Morgan fingerprint density at radius 2 is 1.45 bits per heavy atom. The van der Waals surface area contributed by atoms with E-state index >= 15 is 0 Å². The lowest BCUT2D eigenvalue weighted by Gasteiger charge is -2.15. The zero-order valence-corrected chi connectivity index (χ0v) is 26.0. The van der Waals surface area contributed by atoms with Crippen LogP contribution < -0.4 is 15.4 Å². The van der Waals surface area contributed by atoms with Gasteiger partial charge in [0.2, 0.25) is 5.91 Å². The molecule has 1 heterocycles. The second-order valence-corrected chi connectivity index (χ2v) is 10.0. The van der Waals surface area contributed by atoms with Crippen molar-refractivity contribution in [1.82, 2.24) is 9.97 Å². The summed E-state index contributed by atoms with van der Waals surface area (Å²) < 4.78 is 45.6. The summed E-state index contributed by atoms with van der Waals surface area (Å²) in [5.74, 6) is 0.465. The third-order valence-corrected chi connectivity index (χ3v) is 6.33. The fraction of sp³-hybridized carbons (Fsp3) is 0.464. The summed E-state index contributed by atoms with van der Waals surface area (Å²) in [6.07, 6.45) is 1.47. The van der Waals surface area contributed by atoms with Gasteiger partial charge in [0, 0.05) is 20.7 Å². The van der Waals surface area contributed by atoms with Crippen molar-refractivity contribution in [3.8, 4) is 5.75 Å². The minimum atomic E-state index is -0.491. The molecule has 3 rings (SSSR count). The number of carbonyl (C=O) groups is 1. The fourth-order valence-corrected chi connectivity index (χ4v) is 4.14. The first-order valence-corrected chi connectivity index (χ1v) is 15.0. The number of amides is 1. The Labute approximate surface area is 262 Å². The predicted molar refractivity (Wildman–Crippen MR) is 167 cm³/mol. The van der Waals surface area contributed by atoms with Crippen LogP contribution in [0, 0.1) is 3.57 Å². The molecule has 0 saturated heterocycles. The van der Waals surface area contributed by atoms with E-state index in [2.05, 4.69) is 43.2 Å². The van der Waals surface area contributed by atoms with Crippen LogP contribution in [0.2, 0.25) is 0 Å². The molecule has 0 atom stereocenters. The predicted octanol–water partition coefficient (Wildman–Crippen LogP) is 4.59. The second kappa shape index (κ2) is 20.5. The Kier molecular flexibility index (Phi) is 16.6. The van der Waals surface area contributed by atoms with E-state index in [1.807, 2.05) is 24.3 Å². The number of aromatic nitrogens is 2. The van der Waals surface area contributed by atoms with Gasteiger partial charge in [0.1, 0.15) is 37.1 Å². The molecular weight excluding hydrogens is 686 g/mol. The first-order valence-electron chi connectivity index (χ1n) is 13.4. The zero-order chi connectivity index (χ0) is 29.8. The lowest BCUT2D eigenvalue weighted by Crippen LogP contribution is -2.16. The lowest BCUT2D eigenvalue weighted by molar-refractivity contribution is -0.113. The van der Waals surface area contributed by atoms with E-state index in [-0.39, 0.29) is 25.0 Å². The summed E-state index contributed by atoms with van der Waals surface area (Å²) in [6, 6.07) is 11.4. The molecule has 42 heavy (non-hydrogen) atoms. The molecule has 1 aromatic heterocycles. The van der Waals surface area contributed by atoms with Crippen LogP contribution in [0.5, 0.6) is 5.75 Å². The number of nitrogens with one attached hydrogen (secondary N) is 2. The number of alkyl halides is 2. The van der Waals surface area contributed by atoms with Crippen LogP contribution in [0.25, 0.3) is 10.9 Å². The molecule has 14 heteroatoms.